The van der Waals surface area contributed by atoms with Gasteiger partial charge in [-0.3, -0.25) is 4.90 Å². The minimum atomic E-state index is -0.481. The van der Waals surface area contributed by atoms with Crippen molar-refractivity contribution in [3.63, 3.8) is 0 Å². The summed E-state index contributed by atoms with van der Waals surface area (Å²) in [7, 11) is 2.14. The van der Waals surface area contributed by atoms with E-state index in [9.17, 15) is 4.39 Å². The largest absolute Gasteiger partial charge is 0.365 e. The number of rotatable bonds is 4. The van der Waals surface area contributed by atoms with E-state index >= 15 is 0 Å². The van der Waals surface area contributed by atoms with Crippen LogP contribution in [0.4, 0.5) is 21.8 Å². The highest BCUT2D eigenvalue weighted by Crippen LogP contribution is 2.38. The van der Waals surface area contributed by atoms with Crippen molar-refractivity contribution in [2.24, 2.45) is 0 Å². The third kappa shape index (κ3) is 4.23. The van der Waals surface area contributed by atoms with Gasteiger partial charge in [0.1, 0.15) is 0 Å². The number of nitrogens with zero attached hydrogens (tertiary/aromatic N) is 4. The molecule has 0 bridgehead atoms. The van der Waals surface area contributed by atoms with E-state index < -0.39 is 5.82 Å². The molecule has 0 atom stereocenters. The van der Waals surface area contributed by atoms with Crippen molar-refractivity contribution in [1.29, 1.82) is 5.26 Å². The van der Waals surface area contributed by atoms with Gasteiger partial charge in [0.2, 0.25) is 5.95 Å². The molecular formula is C21H27FN6. The average molecular weight is 382 g/mol. The van der Waals surface area contributed by atoms with Crippen LogP contribution in [0.2, 0.25) is 0 Å². The van der Waals surface area contributed by atoms with Gasteiger partial charge in [0.25, 0.3) is 0 Å². The molecule has 2 heterocycles. The van der Waals surface area contributed by atoms with E-state index in [1.54, 1.807) is 18.2 Å². The van der Waals surface area contributed by atoms with Crippen molar-refractivity contribution in [1.82, 2.24) is 14.9 Å². The van der Waals surface area contributed by atoms with E-state index in [2.05, 4.69) is 66.3 Å². The molecule has 2 aromatic rings. The SMILES string of the molecule is CN1C(C)(C)CC(Nc2nc(Nc3cccc(C#N)c3)ncc2F)CC1(C)C. The molecule has 0 spiro atoms. The van der Waals surface area contributed by atoms with Gasteiger partial charge in [0.15, 0.2) is 11.6 Å². The lowest BCUT2D eigenvalue weighted by Gasteiger charge is -2.53. The van der Waals surface area contributed by atoms with Crippen molar-refractivity contribution in [2.45, 2.75) is 57.7 Å². The molecule has 0 aliphatic carbocycles. The zero-order valence-corrected chi connectivity index (χ0v) is 17.0. The van der Waals surface area contributed by atoms with Crippen LogP contribution in [-0.4, -0.2) is 39.0 Å². The number of benzene rings is 1. The number of piperidine rings is 1. The normalized spacial score (nSPS) is 19.0. The highest BCUT2D eigenvalue weighted by molar-refractivity contribution is 5.57. The topological polar surface area (TPSA) is 76.9 Å². The summed E-state index contributed by atoms with van der Waals surface area (Å²) in [6, 6.07) is 9.18. The van der Waals surface area contributed by atoms with Crippen LogP contribution in [0.25, 0.3) is 0 Å². The second-order valence-corrected chi connectivity index (χ2v) is 8.64. The Morgan fingerprint density at radius 1 is 1.21 bits per heavy atom. The minimum absolute atomic E-state index is 0.0122. The standard InChI is InChI=1S/C21H27FN6/c1-20(2)10-16(11-21(3,4)28(20)5)25-18-17(22)13-24-19(27-18)26-15-8-6-7-14(9-15)12-23/h6-9,13,16H,10-11H2,1-5H3,(H2,24,25,26,27). The van der Waals surface area contributed by atoms with E-state index in [4.69, 9.17) is 5.26 Å². The van der Waals surface area contributed by atoms with Gasteiger partial charge in [-0.05, 0) is 65.8 Å². The first kappa shape index (κ1) is 20.0. The molecule has 1 aliphatic rings. The van der Waals surface area contributed by atoms with Crippen LogP contribution in [0.1, 0.15) is 46.1 Å². The summed E-state index contributed by atoms with van der Waals surface area (Å²) in [6.07, 6.45) is 2.92. The number of halogens is 1. The Balaban J connectivity index is 1.79. The zero-order chi connectivity index (χ0) is 20.5. The summed E-state index contributed by atoms with van der Waals surface area (Å²) in [4.78, 5) is 10.7. The fourth-order valence-electron chi connectivity index (χ4n) is 3.99. The van der Waals surface area contributed by atoms with E-state index in [1.807, 2.05) is 6.07 Å². The van der Waals surface area contributed by atoms with Crippen LogP contribution < -0.4 is 10.6 Å². The molecule has 0 amide bonds. The zero-order valence-electron chi connectivity index (χ0n) is 17.0. The molecule has 1 fully saturated rings. The maximum atomic E-state index is 14.4. The number of hydrogen-bond donors (Lipinski definition) is 2. The molecule has 1 aromatic heterocycles. The van der Waals surface area contributed by atoms with E-state index in [-0.39, 0.29) is 28.9 Å². The summed E-state index contributed by atoms with van der Waals surface area (Å²) in [5.41, 5.74) is 1.18. The van der Waals surface area contributed by atoms with Gasteiger partial charge < -0.3 is 10.6 Å². The molecule has 3 rings (SSSR count). The van der Waals surface area contributed by atoms with Crippen molar-refractivity contribution in [2.75, 3.05) is 17.7 Å². The maximum Gasteiger partial charge on any atom is 0.229 e. The van der Waals surface area contributed by atoms with Crippen molar-refractivity contribution >= 4 is 17.5 Å². The van der Waals surface area contributed by atoms with Gasteiger partial charge in [0, 0.05) is 22.8 Å². The Morgan fingerprint density at radius 2 is 1.89 bits per heavy atom. The molecule has 28 heavy (non-hydrogen) atoms. The Labute approximate surface area is 165 Å². The molecule has 0 unspecified atom stereocenters. The first-order valence-electron chi connectivity index (χ1n) is 9.41. The summed E-state index contributed by atoms with van der Waals surface area (Å²) in [5, 5.41) is 15.3. The Morgan fingerprint density at radius 3 is 2.54 bits per heavy atom. The molecule has 148 valence electrons. The van der Waals surface area contributed by atoms with Gasteiger partial charge in [-0.2, -0.15) is 10.2 Å². The fraction of sp³-hybridized carbons (Fsp3) is 0.476. The summed E-state index contributed by atoms with van der Waals surface area (Å²) in [6.45, 7) is 8.81. The number of likely N-dealkylation sites (tertiary alicyclic amines) is 1. The number of hydrogen-bond acceptors (Lipinski definition) is 6. The van der Waals surface area contributed by atoms with E-state index in [0.717, 1.165) is 19.0 Å². The summed E-state index contributed by atoms with van der Waals surface area (Å²) in [5.74, 6) is -0.00797. The smallest absolute Gasteiger partial charge is 0.229 e. The van der Waals surface area contributed by atoms with Crippen molar-refractivity contribution in [3.8, 4) is 6.07 Å². The van der Waals surface area contributed by atoms with Crippen molar-refractivity contribution in [3.05, 3.63) is 41.8 Å². The van der Waals surface area contributed by atoms with Crippen molar-refractivity contribution < 1.29 is 4.39 Å². The minimum Gasteiger partial charge on any atom is -0.365 e. The Kier molecular flexibility index (Phi) is 5.26. The molecule has 1 aromatic carbocycles. The predicted molar refractivity (Wildman–Crippen MR) is 109 cm³/mol. The van der Waals surface area contributed by atoms with Gasteiger partial charge in [-0.15, -0.1) is 0 Å². The van der Waals surface area contributed by atoms with Gasteiger partial charge in [-0.1, -0.05) is 6.07 Å². The van der Waals surface area contributed by atoms with Gasteiger partial charge in [0.05, 0.1) is 17.8 Å². The molecule has 0 saturated carbocycles. The lowest BCUT2D eigenvalue weighted by molar-refractivity contribution is -0.00778. The Hall–Kier alpha value is -2.72. The maximum absolute atomic E-state index is 14.4. The monoisotopic (exact) mass is 382 g/mol. The molecule has 1 saturated heterocycles. The predicted octanol–water partition coefficient (Wildman–Crippen LogP) is 4.29. The second kappa shape index (κ2) is 7.36. The van der Waals surface area contributed by atoms with Crippen LogP contribution in [0, 0.1) is 17.1 Å². The number of anilines is 3. The van der Waals surface area contributed by atoms with Crippen LogP contribution in [0.3, 0.4) is 0 Å². The molecule has 2 N–H and O–H groups in total. The highest BCUT2D eigenvalue weighted by Gasteiger charge is 2.43. The number of nitriles is 1. The van der Waals surface area contributed by atoms with Crippen LogP contribution in [-0.2, 0) is 0 Å². The lowest BCUT2D eigenvalue weighted by atomic mass is 9.77. The van der Waals surface area contributed by atoms with E-state index in [1.165, 1.54) is 0 Å². The van der Waals surface area contributed by atoms with Gasteiger partial charge in [-0.25, -0.2) is 9.37 Å². The quantitative estimate of drug-likeness (QED) is 0.821. The third-order valence-electron chi connectivity index (χ3n) is 5.64. The molecule has 1 aliphatic heterocycles. The molecule has 0 radical (unpaired) electrons. The number of aromatic nitrogens is 2. The summed E-state index contributed by atoms with van der Waals surface area (Å²) < 4.78 is 14.4. The first-order valence-corrected chi connectivity index (χ1v) is 9.41. The van der Waals surface area contributed by atoms with Gasteiger partial charge >= 0.3 is 0 Å². The fourth-order valence-corrected chi connectivity index (χ4v) is 3.99. The van der Waals surface area contributed by atoms with Crippen LogP contribution in [0.15, 0.2) is 30.5 Å². The average Bonchev–Trinajstić information content (AvgIpc) is 2.62. The van der Waals surface area contributed by atoms with Crippen LogP contribution >= 0.6 is 0 Å². The molecule has 7 heteroatoms. The molecule has 6 nitrogen and oxygen atoms in total. The van der Waals surface area contributed by atoms with Crippen LogP contribution in [0.5, 0.6) is 0 Å². The first-order chi connectivity index (χ1) is 13.1. The second-order valence-electron chi connectivity index (χ2n) is 8.64. The Bertz CT molecular complexity index is 884. The molecular weight excluding hydrogens is 355 g/mol. The third-order valence-corrected chi connectivity index (χ3v) is 5.64. The summed E-state index contributed by atoms with van der Waals surface area (Å²) >= 11 is 0. The highest BCUT2D eigenvalue weighted by atomic mass is 19.1. The lowest BCUT2D eigenvalue weighted by Crippen LogP contribution is -2.61. The van der Waals surface area contributed by atoms with E-state index in [0.29, 0.717) is 11.3 Å². The number of nitrogens with one attached hydrogen (secondary N) is 2.